The third-order valence-electron chi connectivity index (χ3n) is 10.5. The number of ether oxygens (including phenoxy) is 3. The Kier molecular flexibility index (Phi) is 11.3. The molecule has 0 spiro atoms. The van der Waals surface area contributed by atoms with Gasteiger partial charge >= 0.3 is 5.97 Å². The van der Waals surface area contributed by atoms with Crippen molar-refractivity contribution in [3.05, 3.63) is 88.1 Å². The normalized spacial score (nSPS) is 20.6. The fourth-order valence-electron chi connectivity index (χ4n) is 7.38. The summed E-state index contributed by atoms with van der Waals surface area (Å²) in [6.45, 7) is 3.99. The van der Waals surface area contributed by atoms with E-state index in [0.717, 1.165) is 61.4 Å². The van der Waals surface area contributed by atoms with Gasteiger partial charge in [0.2, 0.25) is 11.8 Å². The minimum atomic E-state index is -3.25. The van der Waals surface area contributed by atoms with Gasteiger partial charge < -0.3 is 29.0 Å². The number of piperidine rings is 1. The summed E-state index contributed by atoms with van der Waals surface area (Å²) in [5.74, 6) is -4.52. The third-order valence-corrected chi connectivity index (χ3v) is 10.8. The van der Waals surface area contributed by atoms with Crippen molar-refractivity contribution in [1.29, 1.82) is 0 Å². The number of likely N-dealkylation sites (tertiary alicyclic amines) is 2. The van der Waals surface area contributed by atoms with E-state index in [0.29, 0.717) is 41.7 Å². The fraction of sp³-hybridized carbons (Fsp3) is 0.462. The molecule has 3 atom stereocenters. The molecule has 0 unspecified atom stereocenters. The number of nitrogens with zero attached hydrogens (tertiary/aromatic N) is 5. The van der Waals surface area contributed by atoms with Crippen molar-refractivity contribution in [2.24, 2.45) is 0 Å². The second kappa shape index (κ2) is 16.2. The Labute approximate surface area is 320 Å². The topological polar surface area (TPSA) is 128 Å². The summed E-state index contributed by atoms with van der Waals surface area (Å²) >= 11 is 5.87. The molecule has 3 saturated heterocycles. The third kappa shape index (κ3) is 8.73. The van der Waals surface area contributed by atoms with Gasteiger partial charge in [-0.25, -0.2) is 27.9 Å². The van der Waals surface area contributed by atoms with Crippen molar-refractivity contribution in [2.75, 3.05) is 33.4 Å². The average molecular weight is 783 g/mol. The van der Waals surface area contributed by atoms with E-state index >= 15 is 0 Å². The summed E-state index contributed by atoms with van der Waals surface area (Å²) in [7, 11) is 1.07. The molecule has 0 saturated carbocycles. The molecule has 0 aliphatic carbocycles. The maximum atomic E-state index is 14.2. The number of imidazole rings is 1. The van der Waals surface area contributed by atoms with E-state index in [1.807, 2.05) is 18.2 Å². The van der Waals surface area contributed by atoms with E-state index in [9.17, 15) is 27.6 Å². The number of amides is 2. The Morgan fingerprint density at radius 3 is 2.56 bits per heavy atom. The number of nitrogens with one attached hydrogen (secondary N) is 1. The molecular weight excluding hydrogens is 741 g/mol. The van der Waals surface area contributed by atoms with Gasteiger partial charge in [-0.2, -0.15) is 0 Å². The summed E-state index contributed by atoms with van der Waals surface area (Å²) in [6.07, 6.45) is 1.88. The van der Waals surface area contributed by atoms with Gasteiger partial charge in [-0.1, -0.05) is 23.7 Å². The molecule has 5 heterocycles. The van der Waals surface area contributed by atoms with Crippen LogP contribution < -0.4 is 10.1 Å². The van der Waals surface area contributed by atoms with E-state index in [1.165, 1.54) is 13.0 Å². The predicted molar refractivity (Wildman–Crippen MR) is 195 cm³/mol. The van der Waals surface area contributed by atoms with Crippen LogP contribution in [0.4, 0.5) is 13.2 Å². The molecule has 16 heteroatoms. The number of benzene rings is 2. The van der Waals surface area contributed by atoms with Crippen LogP contribution in [0.2, 0.25) is 5.02 Å². The second-order valence-corrected chi connectivity index (χ2v) is 14.8. The van der Waals surface area contributed by atoms with Gasteiger partial charge in [-0.3, -0.25) is 14.5 Å². The van der Waals surface area contributed by atoms with Crippen LogP contribution in [0, 0.1) is 5.82 Å². The van der Waals surface area contributed by atoms with Crippen molar-refractivity contribution in [3.63, 3.8) is 0 Å². The number of fused-ring (bicyclic) bond motifs is 1. The number of hydrogen-bond donors (Lipinski definition) is 1. The van der Waals surface area contributed by atoms with E-state index < -0.39 is 54.6 Å². The van der Waals surface area contributed by atoms with E-state index in [2.05, 4.69) is 19.5 Å². The molecule has 3 aliphatic rings. The first-order valence-corrected chi connectivity index (χ1v) is 18.7. The van der Waals surface area contributed by atoms with Gasteiger partial charge in [0.05, 0.1) is 43.9 Å². The smallest absolute Gasteiger partial charge is 0.328 e. The first kappa shape index (κ1) is 38.5. The zero-order valence-corrected chi connectivity index (χ0v) is 31.2. The molecule has 0 radical (unpaired) electrons. The number of aromatic nitrogens is 3. The predicted octanol–water partition coefficient (Wildman–Crippen LogP) is 5.50. The lowest BCUT2D eigenvalue weighted by molar-refractivity contribution is -0.151. The Hall–Kier alpha value is -4.73. The Balaban J connectivity index is 0.998. The van der Waals surface area contributed by atoms with Crippen LogP contribution >= 0.6 is 11.6 Å². The van der Waals surface area contributed by atoms with E-state index in [1.54, 1.807) is 30.3 Å². The van der Waals surface area contributed by atoms with Gasteiger partial charge in [0.25, 0.3) is 11.8 Å². The SMILES string of the molecule is COC(=O)[C@@H]1CC(F)(F)CN1C(=O)[C@H](C)NC(=O)c1ccc2c(c1)nc(CN1CCC(c3cccc(OCc4ccc(Cl)cc4F)n3)CC1)n2C[C@@H]1CCO1. The summed E-state index contributed by atoms with van der Waals surface area (Å²) in [4.78, 5) is 51.4. The minimum Gasteiger partial charge on any atom is -0.473 e. The first-order chi connectivity index (χ1) is 26.4. The molecular formula is C39H42ClF3N6O6. The first-order valence-electron chi connectivity index (χ1n) is 18.3. The average Bonchev–Trinajstić information content (AvgIpc) is 3.67. The standard InChI is InChI=1S/C39H42ClF3N6O6/c1-23(37(51)49-22-39(42,43)18-33(49)38(52)53-2)44-36(50)25-7-9-32-31(16-25)45-34(48(32)19-28-12-15-54-28)20-47-13-10-24(11-14-47)30-4-3-5-35(46-30)55-21-26-6-8-27(40)17-29(26)41/h3-9,16-17,23-24,28,33H,10-15,18-22H2,1-2H3,(H,44,50)/t23-,28-,33-/m0/s1. The number of esters is 1. The van der Waals surface area contributed by atoms with Crippen LogP contribution in [0.15, 0.2) is 54.6 Å². The molecule has 4 aromatic rings. The van der Waals surface area contributed by atoms with Crippen LogP contribution in [0.3, 0.4) is 0 Å². The van der Waals surface area contributed by atoms with E-state index in [-0.39, 0.29) is 24.2 Å². The van der Waals surface area contributed by atoms with Crippen molar-refractivity contribution in [1.82, 2.24) is 29.7 Å². The monoisotopic (exact) mass is 782 g/mol. The molecule has 2 aromatic carbocycles. The van der Waals surface area contributed by atoms with Crippen molar-refractivity contribution >= 4 is 40.4 Å². The van der Waals surface area contributed by atoms with Crippen LogP contribution in [0.1, 0.15) is 66.0 Å². The maximum absolute atomic E-state index is 14.2. The van der Waals surface area contributed by atoms with Gasteiger partial charge in [0, 0.05) is 46.9 Å². The van der Waals surface area contributed by atoms with Crippen molar-refractivity contribution in [2.45, 2.75) is 82.3 Å². The van der Waals surface area contributed by atoms with E-state index in [4.69, 9.17) is 31.0 Å². The zero-order chi connectivity index (χ0) is 38.9. The van der Waals surface area contributed by atoms with Crippen LogP contribution in [-0.2, 0) is 38.8 Å². The molecule has 2 aromatic heterocycles. The summed E-state index contributed by atoms with van der Waals surface area (Å²) in [5.41, 5.74) is 3.00. The molecule has 3 fully saturated rings. The number of carbonyl (C=O) groups is 3. The van der Waals surface area contributed by atoms with Gasteiger partial charge in [-0.05, 0) is 75.7 Å². The number of hydrogen-bond acceptors (Lipinski definition) is 9. The lowest BCUT2D eigenvalue weighted by Crippen LogP contribution is -2.50. The number of pyridine rings is 1. The van der Waals surface area contributed by atoms with Crippen LogP contribution in [0.25, 0.3) is 11.0 Å². The molecule has 292 valence electrons. The molecule has 2 amide bonds. The van der Waals surface area contributed by atoms with Crippen LogP contribution in [0.5, 0.6) is 5.88 Å². The number of carbonyl (C=O) groups excluding carboxylic acids is 3. The van der Waals surface area contributed by atoms with Gasteiger partial charge in [-0.15, -0.1) is 0 Å². The Morgan fingerprint density at radius 2 is 1.85 bits per heavy atom. The molecule has 12 nitrogen and oxygen atoms in total. The number of methoxy groups -OCH3 is 1. The van der Waals surface area contributed by atoms with Crippen LogP contribution in [-0.4, -0.2) is 99.6 Å². The van der Waals surface area contributed by atoms with Gasteiger partial charge in [0.15, 0.2) is 0 Å². The Morgan fingerprint density at radius 1 is 1.07 bits per heavy atom. The summed E-state index contributed by atoms with van der Waals surface area (Å²) in [5, 5.41) is 2.92. The molecule has 55 heavy (non-hydrogen) atoms. The quantitative estimate of drug-likeness (QED) is 0.186. The largest absolute Gasteiger partial charge is 0.473 e. The second-order valence-electron chi connectivity index (χ2n) is 14.4. The summed E-state index contributed by atoms with van der Waals surface area (Å²) < 4.78 is 61.0. The highest BCUT2D eigenvalue weighted by Crippen LogP contribution is 2.34. The Bertz CT molecular complexity index is 2070. The zero-order valence-electron chi connectivity index (χ0n) is 30.5. The van der Waals surface area contributed by atoms with Gasteiger partial charge in [0.1, 0.15) is 30.3 Å². The molecule has 3 aliphatic heterocycles. The minimum absolute atomic E-state index is 0.0388. The molecule has 1 N–H and O–H groups in total. The highest BCUT2D eigenvalue weighted by atomic mass is 35.5. The maximum Gasteiger partial charge on any atom is 0.328 e. The lowest BCUT2D eigenvalue weighted by atomic mass is 9.93. The van der Waals surface area contributed by atoms with Crippen molar-refractivity contribution in [3.8, 4) is 5.88 Å². The number of halogens is 4. The highest BCUT2D eigenvalue weighted by Gasteiger charge is 2.51. The number of rotatable bonds is 12. The highest BCUT2D eigenvalue weighted by molar-refractivity contribution is 6.30. The molecule has 7 rings (SSSR count). The van der Waals surface area contributed by atoms with Crippen molar-refractivity contribution < 1.29 is 41.8 Å². The fourth-order valence-corrected chi connectivity index (χ4v) is 7.54. The molecule has 0 bridgehead atoms. The number of alkyl halides is 2. The summed E-state index contributed by atoms with van der Waals surface area (Å²) in [6, 6.07) is 12.6. The lowest BCUT2D eigenvalue weighted by Gasteiger charge is -2.32.